The monoisotopic (exact) mass is 489 g/mol. The summed E-state index contributed by atoms with van der Waals surface area (Å²) in [6.07, 6.45) is 2.31. The number of rotatable bonds is 12. The lowest BCUT2D eigenvalue weighted by atomic mass is 9.95. The minimum Gasteiger partial charge on any atom is -0.444 e. The summed E-state index contributed by atoms with van der Waals surface area (Å²) in [6, 6.07) is 4.38. The Hall–Kier alpha value is -2.57. The van der Waals surface area contributed by atoms with Gasteiger partial charge in [-0.15, -0.1) is 0 Å². The first kappa shape index (κ1) is 30.5. The van der Waals surface area contributed by atoms with Crippen LogP contribution in [0, 0.1) is 19.8 Å². The van der Waals surface area contributed by atoms with E-state index in [9.17, 15) is 14.4 Å². The first-order chi connectivity index (χ1) is 16.3. The fraction of sp³-hybridized carbons (Fsp3) is 0.679. The number of benzene rings is 1. The topological polar surface area (TPSA) is 87.7 Å². The first-order valence-corrected chi connectivity index (χ1v) is 13.0. The predicted molar refractivity (Wildman–Crippen MR) is 141 cm³/mol. The molecular weight excluding hydrogens is 442 g/mol. The molecule has 0 fully saturated rings. The van der Waals surface area contributed by atoms with E-state index in [0.29, 0.717) is 25.9 Å². The van der Waals surface area contributed by atoms with Crippen molar-refractivity contribution in [2.75, 3.05) is 13.1 Å². The molecule has 1 aromatic carbocycles. The van der Waals surface area contributed by atoms with E-state index in [1.54, 1.807) is 25.7 Å². The molecule has 0 saturated carbocycles. The van der Waals surface area contributed by atoms with E-state index < -0.39 is 23.8 Å². The molecule has 0 aliphatic heterocycles. The highest BCUT2D eigenvalue weighted by atomic mass is 16.6. The quantitative estimate of drug-likeness (QED) is 0.383. The molecule has 7 nitrogen and oxygen atoms in total. The largest absolute Gasteiger partial charge is 0.444 e. The number of carbonyl (C=O) groups is 3. The Morgan fingerprint density at radius 3 is 2.26 bits per heavy atom. The predicted octanol–water partition coefficient (Wildman–Crippen LogP) is 5.44. The van der Waals surface area contributed by atoms with Gasteiger partial charge in [-0.05, 0) is 70.9 Å². The normalized spacial score (nSPS) is 13.2. The number of nitrogens with zero attached hydrogens (tertiary/aromatic N) is 1. The average molecular weight is 490 g/mol. The van der Waals surface area contributed by atoms with Crippen molar-refractivity contribution >= 4 is 17.9 Å². The summed E-state index contributed by atoms with van der Waals surface area (Å²) in [5, 5.41) is 5.81. The van der Waals surface area contributed by atoms with Crippen molar-refractivity contribution in [1.82, 2.24) is 15.5 Å². The number of alkyl carbamates (subject to hydrolysis) is 1. The van der Waals surface area contributed by atoms with Crippen LogP contribution in [0.25, 0.3) is 0 Å². The number of hydrogen-bond donors (Lipinski definition) is 2. The number of ether oxygens (including phenoxy) is 1. The second-order valence-electron chi connectivity index (χ2n) is 10.8. The van der Waals surface area contributed by atoms with Gasteiger partial charge < -0.3 is 20.3 Å². The molecule has 0 spiro atoms. The Morgan fingerprint density at radius 1 is 1.06 bits per heavy atom. The molecule has 198 valence electrons. The Labute approximate surface area is 212 Å². The van der Waals surface area contributed by atoms with Gasteiger partial charge in [-0.1, -0.05) is 57.9 Å². The first-order valence-electron chi connectivity index (χ1n) is 13.0. The second kappa shape index (κ2) is 14.1. The van der Waals surface area contributed by atoms with Crippen LogP contribution in [0.5, 0.6) is 0 Å². The third-order valence-corrected chi connectivity index (χ3v) is 5.56. The molecule has 0 aliphatic carbocycles. The summed E-state index contributed by atoms with van der Waals surface area (Å²) in [6.45, 7) is 18.3. The molecular formula is C28H47N3O4. The van der Waals surface area contributed by atoms with Gasteiger partial charge in [-0.3, -0.25) is 9.59 Å². The molecule has 3 amide bonds. The number of nitrogens with one attached hydrogen (secondary N) is 2. The molecule has 0 saturated heterocycles. The Balaban J connectivity index is 3.45. The van der Waals surface area contributed by atoms with E-state index in [-0.39, 0.29) is 17.7 Å². The zero-order valence-electron chi connectivity index (χ0n) is 23.3. The molecule has 1 aromatic rings. The smallest absolute Gasteiger partial charge is 0.408 e. The maximum Gasteiger partial charge on any atom is 0.408 e. The zero-order chi connectivity index (χ0) is 26.8. The summed E-state index contributed by atoms with van der Waals surface area (Å²) in [4.78, 5) is 41.8. The van der Waals surface area contributed by atoms with Gasteiger partial charge in [-0.25, -0.2) is 4.79 Å². The van der Waals surface area contributed by atoms with Crippen LogP contribution < -0.4 is 10.6 Å². The number of hydrogen-bond acceptors (Lipinski definition) is 4. The Morgan fingerprint density at radius 2 is 1.71 bits per heavy atom. The molecule has 1 rings (SSSR count). The lowest BCUT2D eigenvalue weighted by Gasteiger charge is -2.35. The van der Waals surface area contributed by atoms with Gasteiger partial charge in [0.1, 0.15) is 17.7 Å². The molecule has 2 unspecified atom stereocenters. The number of carbonyl (C=O) groups excluding carboxylic acids is 3. The second-order valence-corrected chi connectivity index (χ2v) is 10.8. The standard InChI is InChI=1S/C28H47N3O4/c1-10-12-15-29-25(32)24(22-18-20(5)13-14-21(22)6)31(16-11-2)26(33)23(17-19(3)4)30-27(34)35-28(7,8)9/h13-14,18-19,23-24H,10-12,15-17H2,1-9H3,(H,29,32)(H,30,34). The Kier molecular flexibility index (Phi) is 12.3. The van der Waals surface area contributed by atoms with Crippen LogP contribution in [0.3, 0.4) is 0 Å². The molecule has 0 aromatic heterocycles. The van der Waals surface area contributed by atoms with Crippen molar-refractivity contribution in [3.05, 3.63) is 34.9 Å². The van der Waals surface area contributed by atoms with Crippen LogP contribution in [0.2, 0.25) is 0 Å². The summed E-state index contributed by atoms with van der Waals surface area (Å²) in [5.41, 5.74) is 2.09. The Bertz CT molecular complexity index is 845. The van der Waals surface area contributed by atoms with Crippen LogP contribution >= 0.6 is 0 Å². The van der Waals surface area contributed by atoms with Gasteiger partial charge in [0.15, 0.2) is 0 Å². The van der Waals surface area contributed by atoms with Crippen molar-refractivity contribution in [3.63, 3.8) is 0 Å². The SMILES string of the molecule is CCCCNC(=O)C(c1cc(C)ccc1C)N(CCC)C(=O)C(CC(C)C)NC(=O)OC(C)(C)C. The van der Waals surface area contributed by atoms with E-state index in [1.165, 1.54) is 0 Å². The summed E-state index contributed by atoms with van der Waals surface area (Å²) >= 11 is 0. The third kappa shape index (κ3) is 10.3. The van der Waals surface area contributed by atoms with E-state index in [0.717, 1.165) is 29.5 Å². The number of aryl methyl sites for hydroxylation is 2. The lowest BCUT2D eigenvalue weighted by Crippen LogP contribution is -2.53. The van der Waals surface area contributed by atoms with Crippen molar-refractivity contribution in [3.8, 4) is 0 Å². The fourth-order valence-electron chi connectivity index (χ4n) is 3.94. The summed E-state index contributed by atoms with van der Waals surface area (Å²) in [7, 11) is 0. The third-order valence-electron chi connectivity index (χ3n) is 5.56. The van der Waals surface area contributed by atoms with Crippen LogP contribution in [-0.4, -0.2) is 47.5 Å². The van der Waals surface area contributed by atoms with Gasteiger partial charge in [0.05, 0.1) is 0 Å². The minimum absolute atomic E-state index is 0.153. The molecule has 0 aliphatic rings. The zero-order valence-corrected chi connectivity index (χ0v) is 23.3. The number of amides is 3. The van der Waals surface area contributed by atoms with Gasteiger partial charge >= 0.3 is 6.09 Å². The van der Waals surface area contributed by atoms with Crippen molar-refractivity contribution in [2.45, 2.75) is 106 Å². The van der Waals surface area contributed by atoms with E-state index in [1.807, 2.05) is 52.8 Å². The fourth-order valence-corrected chi connectivity index (χ4v) is 3.94. The minimum atomic E-state index is -0.799. The van der Waals surface area contributed by atoms with Crippen molar-refractivity contribution in [2.24, 2.45) is 5.92 Å². The van der Waals surface area contributed by atoms with Gasteiger partial charge in [-0.2, -0.15) is 0 Å². The highest BCUT2D eigenvalue weighted by Crippen LogP contribution is 2.27. The van der Waals surface area contributed by atoms with Crippen LogP contribution in [0.4, 0.5) is 4.79 Å². The molecule has 2 N–H and O–H groups in total. The van der Waals surface area contributed by atoms with Gasteiger partial charge in [0, 0.05) is 13.1 Å². The molecule has 0 radical (unpaired) electrons. The maximum atomic E-state index is 14.0. The number of unbranched alkanes of at least 4 members (excludes halogenated alkanes) is 1. The molecule has 35 heavy (non-hydrogen) atoms. The van der Waals surface area contributed by atoms with Gasteiger partial charge in [0.2, 0.25) is 11.8 Å². The maximum absolute atomic E-state index is 14.0. The van der Waals surface area contributed by atoms with E-state index in [2.05, 4.69) is 17.6 Å². The van der Waals surface area contributed by atoms with Crippen molar-refractivity contribution in [1.29, 1.82) is 0 Å². The lowest BCUT2D eigenvalue weighted by molar-refractivity contribution is -0.142. The summed E-state index contributed by atoms with van der Waals surface area (Å²) in [5.74, 6) is -0.322. The van der Waals surface area contributed by atoms with Crippen LogP contribution in [-0.2, 0) is 14.3 Å². The van der Waals surface area contributed by atoms with Crippen LogP contribution in [0.15, 0.2) is 18.2 Å². The average Bonchev–Trinajstić information content (AvgIpc) is 2.73. The molecule has 2 atom stereocenters. The van der Waals surface area contributed by atoms with Gasteiger partial charge in [0.25, 0.3) is 0 Å². The highest BCUT2D eigenvalue weighted by Gasteiger charge is 2.36. The van der Waals surface area contributed by atoms with E-state index >= 15 is 0 Å². The summed E-state index contributed by atoms with van der Waals surface area (Å²) < 4.78 is 5.43. The van der Waals surface area contributed by atoms with Crippen LogP contribution in [0.1, 0.15) is 96.9 Å². The van der Waals surface area contributed by atoms with E-state index in [4.69, 9.17) is 4.74 Å². The highest BCUT2D eigenvalue weighted by molar-refractivity contribution is 5.92. The molecule has 0 heterocycles. The van der Waals surface area contributed by atoms with Crippen molar-refractivity contribution < 1.29 is 19.1 Å². The molecule has 7 heteroatoms. The molecule has 0 bridgehead atoms.